The Bertz CT molecular complexity index is 261. The van der Waals surface area contributed by atoms with Gasteiger partial charge in [0.2, 0.25) is 0 Å². The zero-order valence-electron chi connectivity index (χ0n) is 9.64. The Morgan fingerprint density at radius 3 is 2.07 bits per heavy atom. The Kier molecular flexibility index (Phi) is 3.99. The van der Waals surface area contributed by atoms with E-state index in [1.54, 1.807) is 0 Å². The molecule has 0 aromatic rings. The quantitative estimate of drug-likeness (QED) is 0.617. The molecular formula is C13H21N. The first-order valence-electron chi connectivity index (χ1n) is 5.37. The van der Waals surface area contributed by atoms with Gasteiger partial charge >= 0.3 is 0 Å². The maximum Gasteiger partial charge on any atom is 0.0352 e. The van der Waals surface area contributed by atoms with Crippen LogP contribution in [0.1, 0.15) is 33.6 Å². The van der Waals surface area contributed by atoms with Crippen LogP contribution in [0.4, 0.5) is 0 Å². The summed E-state index contributed by atoms with van der Waals surface area (Å²) in [5, 5.41) is 0. The summed E-state index contributed by atoms with van der Waals surface area (Å²) in [6.45, 7) is 12.7. The molecular weight excluding hydrogens is 170 g/mol. The second-order valence-corrected chi connectivity index (χ2v) is 4.26. The van der Waals surface area contributed by atoms with Crippen molar-refractivity contribution in [2.75, 3.05) is 13.1 Å². The van der Waals surface area contributed by atoms with E-state index >= 15 is 0 Å². The summed E-state index contributed by atoms with van der Waals surface area (Å²) in [6.07, 6.45) is 6.96. The van der Waals surface area contributed by atoms with Gasteiger partial charge < -0.3 is 4.90 Å². The highest BCUT2D eigenvalue weighted by Crippen LogP contribution is 2.19. The van der Waals surface area contributed by atoms with E-state index in [9.17, 15) is 0 Å². The van der Waals surface area contributed by atoms with E-state index in [1.807, 2.05) is 6.92 Å². The third-order valence-electron chi connectivity index (χ3n) is 2.48. The minimum Gasteiger partial charge on any atom is -0.372 e. The van der Waals surface area contributed by atoms with Crippen molar-refractivity contribution in [1.29, 1.82) is 0 Å². The second-order valence-electron chi connectivity index (χ2n) is 4.26. The van der Waals surface area contributed by atoms with Crippen LogP contribution in [0.15, 0.2) is 35.6 Å². The predicted molar refractivity (Wildman–Crippen MR) is 63.1 cm³/mol. The summed E-state index contributed by atoms with van der Waals surface area (Å²) < 4.78 is 0. The van der Waals surface area contributed by atoms with E-state index in [4.69, 9.17) is 0 Å². The van der Waals surface area contributed by atoms with Gasteiger partial charge in [-0.2, -0.15) is 0 Å². The molecule has 0 amide bonds. The van der Waals surface area contributed by atoms with Crippen LogP contribution in [0.5, 0.6) is 0 Å². The van der Waals surface area contributed by atoms with E-state index in [2.05, 4.69) is 37.5 Å². The molecule has 1 aliphatic heterocycles. The fraction of sp³-hybridized carbons (Fsp3) is 0.538. The van der Waals surface area contributed by atoms with Crippen molar-refractivity contribution in [3.63, 3.8) is 0 Å². The van der Waals surface area contributed by atoms with Crippen molar-refractivity contribution < 1.29 is 0 Å². The lowest BCUT2D eigenvalue weighted by molar-refractivity contribution is 0.435. The highest BCUT2D eigenvalue weighted by atomic mass is 15.1. The molecule has 0 N–H and O–H groups in total. The number of hydrogen-bond acceptors (Lipinski definition) is 1. The molecule has 0 unspecified atom stereocenters. The summed E-state index contributed by atoms with van der Waals surface area (Å²) in [7, 11) is 0. The predicted octanol–water partition coefficient (Wildman–Crippen LogP) is 3.51. The van der Waals surface area contributed by atoms with Crippen LogP contribution in [-0.2, 0) is 0 Å². The second kappa shape index (κ2) is 5.04. The molecule has 0 radical (unpaired) electrons. The summed E-state index contributed by atoms with van der Waals surface area (Å²) in [5.41, 5.74) is 3.89. The molecule has 1 nitrogen and oxygen atoms in total. The number of rotatable bonds is 3. The third kappa shape index (κ3) is 3.06. The van der Waals surface area contributed by atoms with Gasteiger partial charge in [0.15, 0.2) is 0 Å². The van der Waals surface area contributed by atoms with Crippen LogP contribution < -0.4 is 0 Å². The van der Waals surface area contributed by atoms with Crippen LogP contribution in [0, 0.1) is 0 Å². The molecule has 1 heterocycles. The fourth-order valence-corrected chi connectivity index (χ4v) is 1.77. The van der Waals surface area contributed by atoms with Gasteiger partial charge in [0.1, 0.15) is 0 Å². The van der Waals surface area contributed by atoms with Gasteiger partial charge in [0.25, 0.3) is 0 Å². The zero-order valence-corrected chi connectivity index (χ0v) is 9.64. The topological polar surface area (TPSA) is 3.24 Å². The van der Waals surface area contributed by atoms with Gasteiger partial charge in [-0.05, 0) is 39.7 Å². The molecule has 1 heteroatoms. The Hall–Kier alpha value is -0.980. The molecule has 1 saturated heterocycles. The number of likely N-dealkylation sites (tertiary alicyclic amines) is 1. The number of nitrogens with zero attached hydrogens (tertiary/aromatic N) is 1. The maximum atomic E-state index is 3.89. The van der Waals surface area contributed by atoms with E-state index in [1.165, 1.54) is 37.2 Å². The van der Waals surface area contributed by atoms with Gasteiger partial charge in [0.05, 0.1) is 0 Å². The van der Waals surface area contributed by atoms with Crippen molar-refractivity contribution in [1.82, 2.24) is 4.90 Å². The molecule has 1 rings (SSSR count). The average molecular weight is 191 g/mol. The summed E-state index contributed by atoms with van der Waals surface area (Å²) in [4.78, 5) is 2.47. The smallest absolute Gasteiger partial charge is 0.0352 e. The zero-order chi connectivity index (χ0) is 10.6. The van der Waals surface area contributed by atoms with Crippen LogP contribution in [0.25, 0.3) is 0 Å². The van der Waals surface area contributed by atoms with Crippen molar-refractivity contribution in [2.24, 2.45) is 0 Å². The first-order chi connectivity index (χ1) is 6.61. The summed E-state index contributed by atoms with van der Waals surface area (Å²) >= 11 is 0. The molecule has 1 fully saturated rings. The van der Waals surface area contributed by atoms with Crippen LogP contribution in [0.3, 0.4) is 0 Å². The van der Waals surface area contributed by atoms with Gasteiger partial charge in [-0.1, -0.05) is 23.8 Å². The minimum absolute atomic E-state index is 1.11. The van der Waals surface area contributed by atoms with Crippen molar-refractivity contribution in [3.8, 4) is 0 Å². The van der Waals surface area contributed by atoms with E-state index in [0.717, 1.165) is 5.57 Å². The first kappa shape index (κ1) is 11.1. The van der Waals surface area contributed by atoms with Crippen molar-refractivity contribution >= 4 is 0 Å². The standard InChI is InChI=1S/C13H21N/c1-11(2)7-8-13(12(3)4)14-9-5-6-10-14/h7-8H,1,5-6,9-10H2,2-4H3/b8-7-. The lowest BCUT2D eigenvalue weighted by Gasteiger charge is -2.20. The van der Waals surface area contributed by atoms with E-state index in [-0.39, 0.29) is 0 Å². The lowest BCUT2D eigenvalue weighted by atomic mass is 10.2. The van der Waals surface area contributed by atoms with Crippen LogP contribution in [0.2, 0.25) is 0 Å². The SMILES string of the molecule is C=C(C)/C=C\C(=C(C)C)N1CCCC1. The highest BCUT2D eigenvalue weighted by molar-refractivity contribution is 5.28. The number of allylic oxidation sites excluding steroid dienone is 4. The Labute approximate surface area is 87.8 Å². The molecule has 1 aliphatic rings. The molecule has 0 spiro atoms. The van der Waals surface area contributed by atoms with Gasteiger partial charge in [-0.3, -0.25) is 0 Å². The highest BCUT2D eigenvalue weighted by Gasteiger charge is 2.13. The van der Waals surface area contributed by atoms with Crippen LogP contribution >= 0.6 is 0 Å². The minimum atomic E-state index is 1.11. The lowest BCUT2D eigenvalue weighted by Crippen LogP contribution is -2.18. The Balaban J connectivity index is 2.75. The molecule has 78 valence electrons. The van der Waals surface area contributed by atoms with E-state index in [0.29, 0.717) is 0 Å². The van der Waals surface area contributed by atoms with Crippen molar-refractivity contribution in [3.05, 3.63) is 35.6 Å². The molecule has 14 heavy (non-hydrogen) atoms. The van der Waals surface area contributed by atoms with Crippen molar-refractivity contribution in [2.45, 2.75) is 33.6 Å². The van der Waals surface area contributed by atoms with Crippen LogP contribution in [-0.4, -0.2) is 18.0 Å². The third-order valence-corrected chi connectivity index (χ3v) is 2.48. The molecule has 0 aliphatic carbocycles. The average Bonchev–Trinajstić information content (AvgIpc) is 2.56. The maximum absolute atomic E-state index is 3.89. The first-order valence-corrected chi connectivity index (χ1v) is 5.37. The Morgan fingerprint density at radius 2 is 1.64 bits per heavy atom. The Morgan fingerprint density at radius 1 is 1.07 bits per heavy atom. The summed E-state index contributed by atoms with van der Waals surface area (Å²) in [6, 6.07) is 0. The van der Waals surface area contributed by atoms with E-state index < -0.39 is 0 Å². The molecule has 0 aromatic carbocycles. The molecule has 0 bridgehead atoms. The van der Waals surface area contributed by atoms with Gasteiger partial charge in [0, 0.05) is 18.8 Å². The fourth-order valence-electron chi connectivity index (χ4n) is 1.77. The molecule has 0 atom stereocenters. The molecule has 0 aromatic heterocycles. The molecule has 0 saturated carbocycles. The number of hydrogen-bond donors (Lipinski definition) is 0. The van der Waals surface area contributed by atoms with Gasteiger partial charge in [-0.15, -0.1) is 0 Å². The monoisotopic (exact) mass is 191 g/mol. The normalized spacial score (nSPS) is 16.4. The largest absolute Gasteiger partial charge is 0.372 e. The van der Waals surface area contributed by atoms with Gasteiger partial charge in [-0.25, -0.2) is 0 Å². The summed E-state index contributed by atoms with van der Waals surface area (Å²) in [5.74, 6) is 0.